The van der Waals surface area contributed by atoms with Crippen LogP contribution in [0.15, 0.2) is 21.5 Å². The molecule has 1 unspecified atom stereocenters. The monoisotopic (exact) mass is 422 g/mol. The van der Waals surface area contributed by atoms with Crippen molar-refractivity contribution in [3.8, 4) is 0 Å². The van der Waals surface area contributed by atoms with E-state index in [0.29, 0.717) is 24.1 Å². The highest BCUT2D eigenvalue weighted by atomic mass is 79.9. The Balaban J connectivity index is 0.00000200. The zero-order valence-corrected chi connectivity index (χ0v) is 15.3. The van der Waals surface area contributed by atoms with E-state index in [1.54, 1.807) is 0 Å². The van der Waals surface area contributed by atoms with Crippen molar-refractivity contribution in [3.63, 3.8) is 0 Å². The predicted molar refractivity (Wildman–Crippen MR) is 87.6 cm³/mol. The second kappa shape index (κ2) is 7.13. The second-order valence-electron chi connectivity index (χ2n) is 4.37. The molecule has 2 rings (SSSR count). The van der Waals surface area contributed by atoms with E-state index >= 15 is 0 Å². The van der Waals surface area contributed by atoms with Gasteiger partial charge in [0, 0.05) is 30.1 Å². The lowest BCUT2D eigenvalue weighted by Gasteiger charge is -2.33. The molecule has 0 bridgehead atoms. The van der Waals surface area contributed by atoms with Gasteiger partial charge in [0.05, 0.1) is 10.0 Å². The number of rotatable bonds is 2. The van der Waals surface area contributed by atoms with Crippen LogP contribution in [0.5, 0.6) is 0 Å². The quantitative estimate of drug-likeness (QED) is 0.794. The third kappa shape index (κ3) is 3.61. The molecular weight excluding hydrogens is 410 g/mol. The van der Waals surface area contributed by atoms with Gasteiger partial charge in [0.2, 0.25) is 10.0 Å². The van der Waals surface area contributed by atoms with Crippen molar-refractivity contribution >= 4 is 61.6 Å². The third-order valence-electron chi connectivity index (χ3n) is 2.97. The SMILES string of the molecule is CC1CNCCN1S(=O)(=O)c1c(Cl)cc(Br)cc1Cl.Cl. The van der Waals surface area contributed by atoms with E-state index in [2.05, 4.69) is 21.2 Å². The molecule has 114 valence electrons. The minimum Gasteiger partial charge on any atom is -0.314 e. The number of benzene rings is 1. The molecule has 0 radical (unpaired) electrons. The number of nitrogens with one attached hydrogen (secondary N) is 1. The minimum atomic E-state index is -3.68. The number of sulfonamides is 1. The zero-order valence-electron chi connectivity index (χ0n) is 10.6. The van der Waals surface area contributed by atoms with Gasteiger partial charge in [-0.1, -0.05) is 39.1 Å². The van der Waals surface area contributed by atoms with Crippen LogP contribution in [0.4, 0.5) is 0 Å². The molecule has 9 heteroatoms. The third-order valence-corrected chi connectivity index (χ3v) is 6.36. The number of piperazine rings is 1. The topological polar surface area (TPSA) is 49.4 Å². The first-order valence-electron chi connectivity index (χ1n) is 5.71. The summed E-state index contributed by atoms with van der Waals surface area (Å²) in [4.78, 5) is -0.0206. The number of nitrogens with zero attached hydrogens (tertiary/aromatic N) is 1. The molecule has 1 saturated heterocycles. The summed E-state index contributed by atoms with van der Waals surface area (Å²) in [5, 5.41) is 3.41. The first-order valence-corrected chi connectivity index (χ1v) is 8.70. The lowest BCUT2D eigenvalue weighted by atomic mass is 10.3. The highest BCUT2D eigenvalue weighted by molar-refractivity contribution is 9.10. The van der Waals surface area contributed by atoms with Crippen molar-refractivity contribution in [3.05, 3.63) is 26.7 Å². The lowest BCUT2D eigenvalue weighted by molar-refractivity contribution is 0.284. The van der Waals surface area contributed by atoms with Crippen LogP contribution in [0.2, 0.25) is 10.0 Å². The van der Waals surface area contributed by atoms with Crippen LogP contribution < -0.4 is 5.32 Å². The van der Waals surface area contributed by atoms with Crippen LogP contribution >= 0.6 is 51.5 Å². The Hall–Kier alpha value is 0.440. The van der Waals surface area contributed by atoms with E-state index in [1.165, 1.54) is 16.4 Å². The van der Waals surface area contributed by atoms with Gasteiger partial charge >= 0.3 is 0 Å². The maximum Gasteiger partial charge on any atom is 0.246 e. The van der Waals surface area contributed by atoms with Crippen LogP contribution in [0, 0.1) is 0 Å². The molecule has 1 aliphatic heterocycles. The Morgan fingerprint density at radius 2 is 1.90 bits per heavy atom. The van der Waals surface area contributed by atoms with Gasteiger partial charge in [-0.15, -0.1) is 12.4 Å². The second-order valence-corrected chi connectivity index (χ2v) is 7.92. The minimum absolute atomic E-state index is 0. The van der Waals surface area contributed by atoms with Gasteiger partial charge in [-0.05, 0) is 19.1 Å². The average Bonchev–Trinajstić information content (AvgIpc) is 2.27. The maximum atomic E-state index is 12.7. The summed E-state index contributed by atoms with van der Waals surface area (Å²) in [5.74, 6) is 0. The Labute approximate surface area is 143 Å². The molecule has 4 nitrogen and oxygen atoms in total. The molecule has 0 amide bonds. The zero-order chi connectivity index (χ0) is 14.2. The summed E-state index contributed by atoms with van der Waals surface area (Å²) in [7, 11) is -3.68. The van der Waals surface area contributed by atoms with E-state index in [0.717, 1.165) is 0 Å². The van der Waals surface area contributed by atoms with Gasteiger partial charge in [0.1, 0.15) is 4.90 Å². The molecule has 20 heavy (non-hydrogen) atoms. The Morgan fingerprint density at radius 3 is 2.40 bits per heavy atom. The molecule has 1 N–H and O–H groups in total. The van der Waals surface area contributed by atoms with Gasteiger partial charge in [0.25, 0.3) is 0 Å². The van der Waals surface area contributed by atoms with E-state index in [4.69, 9.17) is 23.2 Å². The predicted octanol–water partition coefficient (Wildman–Crippen LogP) is 3.16. The van der Waals surface area contributed by atoms with Gasteiger partial charge in [0.15, 0.2) is 0 Å². The molecular formula is C11H14BrCl3N2O2S. The van der Waals surface area contributed by atoms with Crippen molar-refractivity contribution in [1.82, 2.24) is 9.62 Å². The smallest absolute Gasteiger partial charge is 0.246 e. The van der Waals surface area contributed by atoms with E-state index in [-0.39, 0.29) is 33.4 Å². The maximum absolute atomic E-state index is 12.7. The van der Waals surface area contributed by atoms with Crippen LogP contribution in [0.1, 0.15) is 6.92 Å². The highest BCUT2D eigenvalue weighted by Gasteiger charge is 2.34. The van der Waals surface area contributed by atoms with Gasteiger partial charge < -0.3 is 5.32 Å². The molecule has 1 atom stereocenters. The lowest BCUT2D eigenvalue weighted by Crippen LogP contribution is -2.52. The first-order chi connectivity index (χ1) is 8.84. The van der Waals surface area contributed by atoms with Gasteiger partial charge in [-0.3, -0.25) is 0 Å². The van der Waals surface area contributed by atoms with Crippen molar-refractivity contribution in [2.45, 2.75) is 17.9 Å². The molecule has 0 aromatic heterocycles. The largest absolute Gasteiger partial charge is 0.314 e. The molecule has 1 fully saturated rings. The normalized spacial score (nSPS) is 20.5. The van der Waals surface area contributed by atoms with Crippen molar-refractivity contribution in [2.24, 2.45) is 0 Å². The average molecular weight is 425 g/mol. The summed E-state index contributed by atoms with van der Waals surface area (Å²) in [6.45, 7) is 3.50. The molecule has 1 aromatic rings. The van der Waals surface area contributed by atoms with Crippen LogP contribution in [0.25, 0.3) is 0 Å². The fourth-order valence-electron chi connectivity index (χ4n) is 2.07. The van der Waals surface area contributed by atoms with E-state index < -0.39 is 10.0 Å². The van der Waals surface area contributed by atoms with E-state index in [9.17, 15) is 8.42 Å². The van der Waals surface area contributed by atoms with E-state index in [1.807, 2.05) is 6.92 Å². The number of hydrogen-bond donors (Lipinski definition) is 1. The number of halogens is 4. The van der Waals surface area contributed by atoms with Crippen molar-refractivity contribution < 1.29 is 8.42 Å². The molecule has 1 aliphatic rings. The molecule has 1 heterocycles. The molecule has 0 spiro atoms. The van der Waals surface area contributed by atoms with Gasteiger partial charge in [-0.2, -0.15) is 4.31 Å². The van der Waals surface area contributed by atoms with Crippen LogP contribution in [-0.4, -0.2) is 38.4 Å². The standard InChI is InChI=1S/C11H13BrCl2N2O2S.ClH/c1-7-6-15-2-3-16(7)19(17,18)11-9(13)4-8(12)5-10(11)14;/h4-5,7,15H,2-3,6H2,1H3;1H. The fraction of sp³-hybridized carbons (Fsp3) is 0.455. The van der Waals surface area contributed by atoms with Gasteiger partial charge in [-0.25, -0.2) is 8.42 Å². The summed E-state index contributed by atoms with van der Waals surface area (Å²) in [6, 6.07) is 2.94. The van der Waals surface area contributed by atoms with Crippen molar-refractivity contribution in [1.29, 1.82) is 0 Å². The fourth-order valence-corrected chi connectivity index (χ4v) is 5.59. The Bertz CT molecular complexity index is 574. The molecule has 0 saturated carbocycles. The summed E-state index contributed by atoms with van der Waals surface area (Å²) in [6.07, 6.45) is 0. The summed E-state index contributed by atoms with van der Waals surface area (Å²) < 4.78 is 27.4. The molecule has 0 aliphatic carbocycles. The first kappa shape index (κ1) is 18.5. The highest BCUT2D eigenvalue weighted by Crippen LogP contribution is 2.35. The Morgan fingerprint density at radius 1 is 1.35 bits per heavy atom. The number of hydrogen-bond acceptors (Lipinski definition) is 3. The van der Waals surface area contributed by atoms with Crippen LogP contribution in [0.3, 0.4) is 0 Å². The van der Waals surface area contributed by atoms with Crippen molar-refractivity contribution in [2.75, 3.05) is 19.6 Å². The summed E-state index contributed by atoms with van der Waals surface area (Å²) in [5.41, 5.74) is 0. The summed E-state index contributed by atoms with van der Waals surface area (Å²) >= 11 is 15.3. The van der Waals surface area contributed by atoms with Crippen LogP contribution in [-0.2, 0) is 10.0 Å². The Kier molecular flexibility index (Phi) is 6.59. The molecule has 1 aromatic carbocycles.